The first-order valence-corrected chi connectivity index (χ1v) is 10.6. The molecule has 0 spiro atoms. The number of benzene rings is 4. The summed E-state index contributed by atoms with van der Waals surface area (Å²) in [6.45, 7) is 0.403. The van der Waals surface area contributed by atoms with Gasteiger partial charge in [-0.1, -0.05) is 78.3 Å². The van der Waals surface area contributed by atoms with E-state index in [2.05, 4.69) is 12.1 Å². The van der Waals surface area contributed by atoms with E-state index < -0.39 is 0 Å². The smallest absolute Gasteiger partial charge is 0.231 e. The second kappa shape index (κ2) is 8.74. The van der Waals surface area contributed by atoms with Crippen LogP contribution in [0.3, 0.4) is 0 Å². The van der Waals surface area contributed by atoms with E-state index in [9.17, 15) is 4.79 Å². The van der Waals surface area contributed by atoms with Gasteiger partial charge >= 0.3 is 0 Å². The number of halogens is 1. The van der Waals surface area contributed by atoms with Gasteiger partial charge in [0.1, 0.15) is 18.1 Å². The van der Waals surface area contributed by atoms with E-state index >= 15 is 0 Å². The molecule has 0 unspecified atom stereocenters. The van der Waals surface area contributed by atoms with Gasteiger partial charge in [0.05, 0.1) is 5.56 Å². The van der Waals surface area contributed by atoms with Crippen LogP contribution in [-0.4, -0.2) is 5.78 Å². The van der Waals surface area contributed by atoms with E-state index in [0.29, 0.717) is 34.5 Å². The Bertz CT molecular complexity index is 1290. The van der Waals surface area contributed by atoms with Gasteiger partial charge < -0.3 is 9.47 Å². The molecule has 0 aliphatic carbocycles. The molecule has 1 aliphatic heterocycles. The Balaban J connectivity index is 1.30. The molecule has 3 nitrogen and oxygen atoms in total. The quantitative estimate of drug-likeness (QED) is 0.309. The zero-order valence-electron chi connectivity index (χ0n) is 17.1. The molecule has 0 saturated carbocycles. The molecule has 4 aromatic carbocycles. The van der Waals surface area contributed by atoms with Crippen molar-refractivity contribution in [2.45, 2.75) is 6.61 Å². The molecule has 0 saturated heterocycles. The minimum absolute atomic E-state index is 0.128. The summed E-state index contributed by atoms with van der Waals surface area (Å²) in [6.07, 6.45) is 1.77. The van der Waals surface area contributed by atoms with Crippen LogP contribution in [0.2, 0.25) is 5.02 Å². The topological polar surface area (TPSA) is 35.5 Å². The average molecular weight is 439 g/mol. The van der Waals surface area contributed by atoms with Gasteiger partial charge in [-0.3, -0.25) is 4.79 Å². The van der Waals surface area contributed by atoms with Crippen LogP contribution >= 0.6 is 11.6 Å². The van der Waals surface area contributed by atoms with Crippen molar-refractivity contribution in [1.29, 1.82) is 0 Å². The van der Waals surface area contributed by atoms with Crippen LogP contribution in [0.25, 0.3) is 17.2 Å². The first kappa shape index (κ1) is 20.1. The van der Waals surface area contributed by atoms with E-state index in [-0.39, 0.29) is 5.78 Å². The molecule has 0 N–H and O–H groups in total. The standard InChI is InChI=1S/C28H19ClO3/c29-23-12-8-20(9-13-23)18-31-24-14-15-25-26(17-24)32-27(28(25)30)16-19-6-10-22(11-7-19)21-4-2-1-3-5-21/h1-17H,18H2. The third-order valence-electron chi connectivity index (χ3n) is 5.28. The Labute approximate surface area is 191 Å². The summed E-state index contributed by atoms with van der Waals surface area (Å²) in [5, 5.41) is 0.687. The molecule has 4 heteroatoms. The molecule has 32 heavy (non-hydrogen) atoms. The van der Waals surface area contributed by atoms with Crippen LogP contribution in [0.15, 0.2) is 103 Å². The summed E-state index contributed by atoms with van der Waals surface area (Å²) in [7, 11) is 0. The lowest BCUT2D eigenvalue weighted by Gasteiger charge is -2.07. The number of carbonyl (C=O) groups is 1. The van der Waals surface area contributed by atoms with E-state index in [0.717, 1.165) is 22.3 Å². The van der Waals surface area contributed by atoms with E-state index in [1.54, 1.807) is 24.3 Å². The molecule has 0 atom stereocenters. The van der Waals surface area contributed by atoms with Crippen LogP contribution in [0.4, 0.5) is 0 Å². The van der Waals surface area contributed by atoms with Crippen molar-refractivity contribution in [1.82, 2.24) is 0 Å². The SMILES string of the molecule is O=C1C(=Cc2ccc(-c3ccccc3)cc2)Oc2cc(OCc3ccc(Cl)cc3)ccc21. The predicted molar refractivity (Wildman–Crippen MR) is 127 cm³/mol. The molecule has 5 rings (SSSR count). The molecule has 1 heterocycles. The lowest BCUT2D eigenvalue weighted by molar-refractivity contribution is 0.101. The maximum absolute atomic E-state index is 12.8. The maximum atomic E-state index is 12.8. The fraction of sp³-hybridized carbons (Fsp3) is 0.0357. The second-order valence-corrected chi connectivity index (χ2v) is 7.94. The van der Waals surface area contributed by atoms with Crippen LogP contribution in [-0.2, 0) is 6.61 Å². The van der Waals surface area contributed by atoms with E-state index in [4.69, 9.17) is 21.1 Å². The van der Waals surface area contributed by atoms with Crippen molar-refractivity contribution < 1.29 is 14.3 Å². The average Bonchev–Trinajstić information content (AvgIpc) is 3.14. The Morgan fingerprint density at radius 3 is 2.28 bits per heavy atom. The maximum Gasteiger partial charge on any atom is 0.231 e. The number of rotatable bonds is 5. The fourth-order valence-corrected chi connectivity index (χ4v) is 3.68. The number of fused-ring (bicyclic) bond motifs is 1. The second-order valence-electron chi connectivity index (χ2n) is 7.50. The third-order valence-corrected chi connectivity index (χ3v) is 5.53. The molecule has 156 valence electrons. The largest absolute Gasteiger partial charge is 0.489 e. The predicted octanol–water partition coefficient (Wildman–Crippen LogP) is 7.20. The molecule has 0 fully saturated rings. The number of hydrogen-bond acceptors (Lipinski definition) is 3. The Hall–Kier alpha value is -3.82. The van der Waals surface area contributed by atoms with Crippen molar-refractivity contribution in [3.8, 4) is 22.6 Å². The summed E-state index contributed by atoms with van der Waals surface area (Å²) >= 11 is 5.92. The van der Waals surface area contributed by atoms with Gasteiger partial charge in [0, 0.05) is 11.1 Å². The summed E-state index contributed by atoms with van der Waals surface area (Å²) in [4.78, 5) is 12.8. The summed E-state index contributed by atoms with van der Waals surface area (Å²) < 4.78 is 11.7. The Morgan fingerprint density at radius 1 is 0.812 bits per heavy atom. The number of Topliss-reactive ketones (excluding diaryl/α,β-unsaturated/α-hetero) is 1. The highest BCUT2D eigenvalue weighted by molar-refractivity contribution is 6.30. The molecular weight excluding hydrogens is 420 g/mol. The van der Waals surface area contributed by atoms with Crippen LogP contribution < -0.4 is 9.47 Å². The van der Waals surface area contributed by atoms with Crippen molar-refractivity contribution in [2.75, 3.05) is 0 Å². The Morgan fingerprint density at radius 2 is 1.53 bits per heavy atom. The van der Waals surface area contributed by atoms with Crippen LogP contribution in [0.5, 0.6) is 11.5 Å². The molecule has 0 radical (unpaired) electrons. The number of carbonyl (C=O) groups excluding carboxylic acids is 1. The van der Waals surface area contributed by atoms with Crippen molar-refractivity contribution in [3.05, 3.63) is 125 Å². The highest BCUT2D eigenvalue weighted by Gasteiger charge is 2.27. The van der Waals surface area contributed by atoms with Gasteiger partial charge in [-0.25, -0.2) is 0 Å². The van der Waals surface area contributed by atoms with E-state index in [1.807, 2.05) is 66.7 Å². The summed E-state index contributed by atoms with van der Waals surface area (Å²) in [6, 6.07) is 31.0. The van der Waals surface area contributed by atoms with Gasteiger partial charge in [-0.05, 0) is 52.6 Å². The third kappa shape index (κ3) is 4.29. The normalized spacial score (nSPS) is 13.7. The summed E-state index contributed by atoms with van der Waals surface area (Å²) in [5.41, 5.74) is 4.72. The van der Waals surface area contributed by atoms with Gasteiger partial charge in [0.25, 0.3) is 0 Å². The first-order valence-electron chi connectivity index (χ1n) is 10.3. The lowest BCUT2D eigenvalue weighted by atomic mass is 10.0. The van der Waals surface area contributed by atoms with Gasteiger partial charge in [-0.15, -0.1) is 0 Å². The molecule has 0 bridgehead atoms. The fourth-order valence-electron chi connectivity index (χ4n) is 3.56. The van der Waals surface area contributed by atoms with Gasteiger partial charge in [0.2, 0.25) is 5.78 Å². The number of hydrogen-bond donors (Lipinski definition) is 0. The van der Waals surface area contributed by atoms with Crippen molar-refractivity contribution in [2.24, 2.45) is 0 Å². The highest BCUT2D eigenvalue weighted by Crippen LogP contribution is 2.35. The van der Waals surface area contributed by atoms with E-state index in [1.165, 1.54) is 0 Å². The van der Waals surface area contributed by atoms with Crippen LogP contribution in [0, 0.1) is 0 Å². The zero-order valence-corrected chi connectivity index (χ0v) is 17.9. The number of allylic oxidation sites excluding steroid dienone is 1. The van der Waals surface area contributed by atoms with Crippen molar-refractivity contribution >= 4 is 23.5 Å². The number of ether oxygens (including phenoxy) is 2. The molecular formula is C28H19ClO3. The molecule has 1 aliphatic rings. The monoisotopic (exact) mass is 438 g/mol. The minimum atomic E-state index is -0.128. The molecule has 4 aromatic rings. The number of ketones is 1. The zero-order chi connectivity index (χ0) is 21.9. The Kier molecular flexibility index (Phi) is 5.49. The molecule has 0 aromatic heterocycles. The minimum Gasteiger partial charge on any atom is -0.489 e. The van der Waals surface area contributed by atoms with Crippen molar-refractivity contribution in [3.63, 3.8) is 0 Å². The van der Waals surface area contributed by atoms with Crippen LogP contribution in [0.1, 0.15) is 21.5 Å². The molecule has 0 amide bonds. The highest BCUT2D eigenvalue weighted by atomic mass is 35.5. The van der Waals surface area contributed by atoms with Gasteiger partial charge in [0.15, 0.2) is 5.76 Å². The summed E-state index contributed by atoms with van der Waals surface area (Å²) in [5.74, 6) is 1.33. The lowest BCUT2D eigenvalue weighted by Crippen LogP contribution is -1.98. The first-order chi connectivity index (χ1) is 15.7. The van der Waals surface area contributed by atoms with Gasteiger partial charge in [-0.2, -0.15) is 0 Å².